The Morgan fingerprint density at radius 2 is 1.55 bits per heavy atom. The lowest BCUT2D eigenvalue weighted by molar-refractivity contribution is 0.0785. The molecule has 0 aromatic heterocycles. The van der Waals surface area contributed by atoms with Gasteiger partial charge in [-0.1, -0.05) is 29.8 Å². The maximum absolute atomic E-state index is 9.93. The van der Waals surface area contributed by atoms with Crippen LogP contribution in [0.1, 0.15) is 30.5 Å². The third kappa shape index (κ3) is 5.37. The molecule has 2 aromatic carbocycles. The monoisotopic (exact) mass is 319 g/mol. The van der Waals surface area contributed by atoms with Crippen LogP contribution in [0.4, 0.5) is 5.69 Å². The van der Waals surface area contributed by atoms with Crippen molar-refractivity contribution in [2.45, 2.75) is 38.2 Å². The zero-order chi connectivity index (χ0) is 16.8. The standard InChI is InChI=1S/C17H21NOS.CH4O/c1-12-5-10-16(13(2)11-12)18-20-15-8-6-14(7-9-15)17(3,4)19;1-2/h5-11,18-19H,1-4H3;2H,1H3. The number of hydrogen-bond donors (Lipinski definition) is 3. The van der Waals surface area contributed by atoms with E-state index in [9.17, 15) is 5.11 Å². The molecule has 2 aromatic rings. The zero-order valence-corrected chi connectivity index (χ0v) is 14.7. The summed E-state index contributed by atoms with van der Waals surface area (Å²) < 4.78 is 3.37. The molecule has 0 spiro atoms. The first kappa shape index (κ1) is 18.6. The fourth-order valence-corrected chi connectivity index (χ4v) is 2.70. The highest BCUT2D eigenvalue weighted by Gasteiger charge is 2.15. The summed E-state index contributed by atoms with van der Waals surface area (Å²) in [5.74, 6) is 0. The first-order valence-corrected chi connectivity index (χ1v) is 7.95. The van der Waals surface area contributed by atoms with Gasteiger partial charge in [-0.2, -0.15) is 0 Å². The second kappa shape index (κ2) is 8.22. The second-order valence-electron chi connectivity index (χ2n) is 5.61. The SMILES string of the molecule is CO.Cc1ccc(NSc2ccc(C(C)(C)O)cc2)c(C)c1. The van der Waals surface area contributed by atoms with E-state index in [1.165, 1.54) is 11.1 Å². The van der Waals surface area contributed by atoms with Gasteiger partial charge in [-0.25, -0.2) is 0 Å². The molecule has 0 fully saturated rings. The van der Waals surface area contributed by atoms with Crippen molar-refractivity contribution < 1.29 is 10.2 Å². The molecule has 0 saturated carbocycles. The van der Waals surface area contributed by atoms with E-state index >= 15 is 0 Å². The minimum Gasteiger partial charge on any atom is -0.400 e. The van der Waals surface area contributed by atoms with E-state index in [0.29, 0.717) is 0 Å². The summed E-state index contributed by atoms with van der Waals surface area (Å²) in [7, 11) is 1.00. The summed E-state index contributed by atoms with van der Waals surface area (Å²) in [6.07, 6.45) is 0. The van der Waals surface area contributed by atoms with Crippen molar-refractivity contribution >= 4 is 17.6 Å². The lowest BCUT2D eigenvalue weighted by atomic mass is 9.99. The number of anilines is 1. The van der Waals surface area contributed by atoms with Crippen molar-refractivity contribution in [2.24, 2.45) is 0 Å². The number of aliphatic hydroxyl groups is 2. The Morgan fingerprint density at radius 3 is 2.05 bits per heavy atom. The van der Waals surface area contributed by atoms with Gasteiger partial charge in [0.25, 0.3) is 0 Å². The lowest BCUT2D eigenvalue weighted by Gasteiger charge is -2.18. The van der Waals surface area contributed by atoms with Gasteiger partial charge in [0.15, 0.2) is 0 Å². The van der Waals surface area contributed by atoms with Gasteiger partial charge in [0.1, 0.15) is 0 Å². The van der Waals surface area contributed by atoms with Crippen molar-refractivity contribution in [3.8, 4) is 0 Å². The predicted molar refractivity (Wildman–Crippen MR) is 95.2 cm³/mol. The van der Waals surface area contributed by atoms with E-state index in [-0.39, 0.29) is 0 Å². The molecule has 0 saturated heterocycles. The molecule has 0 heterocycles. The van der Waals surface area contributed by atoms with E-state index in [4.69, 9.17) is 5.11 Å². The molecule has 120 valence electrons. The predicted octanol–water partition coefficient (Wildman–Crippen LogP) is 4.26. The van der Waals surface area contributed by atoms with Gasteiger partial charge in [-0.05, 0) is 69.0 Å². The average Bonchev–Trinajstić information content (AvgIpc) is 2.48. The quantitative estimate of drug-likeness (QED) is 0.737. The maximum atomic E-state index is 9.93. The van der Waals surface area contributed by atoms with Crippen LogP contribution in [0.5, 0.6) is 0 Å². The van der Waals surface area contributed by atoms with Crippen LogP contribution in [0.15, 0.2) is 47.4 Å². The molecule has 4 heteroatoms. The van der Waals surface area contributed by atoms with Crippen LogP contribution in [0, 0.1) is 13.8 Å². The molecule has 0 radical (unpaired) electrons. The first-order valence-electron chi connectivity index (χ1n) is 7.14. The van der Waals surface area contributed by atoms with Crippen molar-refractivity contribution in [2.75, 3.05) is 11.8 Å². The third-order valence-electron chi connectivity index (χ3n) is 3.22. The average molecular weight is 319 g/mol. The first-order chi connectivity index (χ1) is 10.4. The van der Waals surface area contributed by atoms with Gasteiger partial charge in [0.05, 0.1) is 5.60 Å². The van der Waals surface area contributed by atoms with E-state index in [1.807, 2.05) is 24.3 Å². The van der Waals surface area contributed by atoms with E-state index in [0.717, 1.165) is 23.3 Å². The Kier molecular flexibility index (Phi) is 6.94. The molecule has 0 atom stereocenters. The van der Waals surface area contributed by atoms with Crippen LogP contribution in [-0.4, -0.2) is 17.3 Å². The maximum Gasteiger partial charge on any atom is 0.0840 e. The van der Waals surface area contributed by atoms with Crippen molar-refractivity contribution in [1.82, 2.24) is 0 Å². The van der Waals surface area contributed by atoms with Gasteiger partial charge in [-0.15, -0.1) is 0 Å². The third-order valence-corrected chi connectivity index (χ3v) is 4.05. The molecule has 0 bridgehead atoms. The van der Waals surface area contributed by atoms with Crippen molar-refractivity contribution in [3.05, 3.63) is 59.2 Å². The van der Waals surface area contributed by atoms with Gasteiger partial charge in [0.2, 0.25) is 0 Å². The Morgan fingerprint density at radius 1 is 0.955 bits per heavy atom. The molecule has 0 aliphatic carbocycles. The molecule has 3 N–H and O–H groups in total. The smallest absolute Gasteiger partial charge is 0.0840 e. The van der Waals surface area contributed by atoms with Crippen LogP contribution in [0.2, 0.25) is 0 Å². The highest BCUT2D eigenvalue weighted by atomic mass is 32.2. The van der Waals surface area contributed by atoms with Crippen LogP contribution in [0.25, 0.3) is 0 Å². The highest BCUT2D eigenvalue weighted by molar-refractivity contribution is 8.00. The molecule has 0 unspecified atom stereocenters. The fraction of sp³-hybridized carbons (Fsp3) is 0.333. The Bertz CT molecular complexity index is 589. The minimum atomic E-state index is -0.788. The number of hydrogen-bond acceptors (Lipinski definition) is 4. The van der Waals surface area contributed by atoms with Crippen LogP contribution in [-0.2, 0) is 5.60 Å². The Labute approximate surface area is 137 Å². The molecular weight excluding hydrogens is 294 g/mol. The van der Waals surface area contributed by atoms with Gasteiger partial charge in [-0.3, -0.25) is 0 Å². The van der Waals surface area contributed by atoms with Gasteiger partial charge < -0.3 is 14.9 Å². The topological polar surface area (TPSA) is 52.5 Å². The molecular formula is C18H25NO2S. The zero-order valence-electron chi connectivity index (χ0n) is 13.8. The molecule has 0 aliphatic rings. The Balaban J connectivity index is 0.00000116. The molecule has 0 amide bonds. The Hall–Kier alpha value is -1.49. The highest BCUT2D eigenvalue weighted by Crippen LogP contribution is 2.26. The summed E-state index contributed by atoms with van der Waals surface area (Å²) in [4.78, 5) is 1.12. The second-order valence-corrected chi connectivity index (χ2v) is 6.49. The van der Waals surface area contributed by atoms with Crippen LogP contribution in [0.3, 0.4) is 0 Å². The van der Waals surface area contributed by atoms with E-state index in [1.54, 1.807) is 25.8 Å². The minimum absolute atomic E-state index is 0.788. The molecule has 22 heavy (non-hydrogen) atoms. The molecule has 2 rings (SSSR count). The summed E-state index contributed by atoms with van der Waals surface area (Å²) in [5.41, 5.74) is 3.78. The van der Waals surface area contributed by atoms with Gasteiger partial charge in [0, 0.05) is 17.7 Å². The largest absolute Gasteiger partial charge is 0.400 e. The van der Waals surface area contributed by atoms with Crippen LogP contribution < -0.4 is 4.72 Å². The normalized spacial score (nSPS) is 10.7. The number of aryl methyl sites for hydroxylation is 2. The summed E-state index contributed by atoms with van der Waals surface area (Å²) in [6, 6.07) is 14.3. The number of aliphatic hydroxyl groups excluding tert-OH is 1. The molecule has 3 nitrogen and oxygen atoms in total. The van der Waals surface area contributed by atoms with E-state index < -0.39 is 5.60 Å². The lowest BCUT2D eigenvalue weighted by Crippen LogP contribution is -2.14. The van der Waals surface area contributed by atoms with Crippen molar-refractivity contribution in [3.63, 3.8) is 0 Å². The summed E-state index contributed by atoms with van der Waals surface area (Å²) >= 11 is 1.58. The molecule has 0 aliphatic heterocycles. The number of nitrogens with one attached hydrogen (secondary N) is 1. The van der Waals surface area contributed by atoms with Gasteiger partial charge >= 0.3 is 0 Å². The fourth-order valence-electron chi connectivity index (χ4n) is 1.97. The number of benzene rings is 2. The summed E-state index contributed by atoms with van der Waals surface area (Å²) in [6.45, 7) is 7.79. The summed E-state index contributed by atoms with van der Waals surface area (Å²) in [5, 5.41) is 16.9. The van der Waals surface area contributed by atoms with Crippen molar-refractivity contribution in [1.29, 1.82) is 0 Å². The van der Waals surface area contributed by atoms with Crippen LogP contribution >= 0.6 is 11.9 Å². The van der Waals surface area contributed by atoms with E-state index in [2.05, 4.69) is 36.8 Å². The number of rotatable bonds is 4.